The predicted octanol–water partition coefficient (Wildman–Crippen LogP) is 3.92. The van der Waals surface area contributed by atoms with Crippen LogP contribution in [0.5, 0.6) is 0 Å². The molecule has 2 aromatic rings. The van der Waals surface area contributed by atoms with Crippen LogP contribution in [0, 0.1) is 12.8 Å². The van der Waals surface area contributed by atoms with Gasteiger partial charge in [-0.15, -0.1) is 11.3 Å². The number of morpholine rings is 1. The minimum Gasteiger partial charge on any atom is -0.377 e. The number of carbonyl (C=O) groups excluding carboxylic acids is 1. The summed E-state index contributed by atoms with van der Waals surface area (Å²) in [5, 5.41) is 0.690. The summed E-state index contributed by atoms with van der Waals surface area (Å²) in [6.07, 6.45) is -2.86. The minimum atomic E-state index is -4.36. The summed E-state index contributed by atoms with van der Waals surface area (Å²) in [4.78, 5) is 18.7. The number of alkyl halides is 3. The van der Waals surface area contributed by atoms with Crippen LogP contribution in [-0.4, -0.2) is 61.1 Å². The lowest BCUT2D eigenvalue weighted by Crippen LogP contribution is -2.61. The lowest BCUT2D eigenvalue weighted by molar-refractivity contribution is -0.306. The first-order chi connectivity index (χ1) is 15.2. The van der Waals surface area contributed by atoms with Crippen LogP contribution in [0.3, 0.4) is 0 Å². The van der Waals surface area contributed by atoms with Crippen LogP contribution in [0.15, 0.2) is 24.3 Å². The fourth-order valence-electron chi connectivity index (χ4n) is 3.97. The zero-order valence-corrected chi connectivity index (χ0v) is 18.7. The van der Waals surface area contributed by atoms with Crippen molar-refractivity contribution in [2.24, 2.45) is 5.92 Å². The molecule has 2 aliphatic heterocycles. The van der Waals surface area contributed by atoms with Gasteiger partial charge in [0.1, 0.15) is 11.0 Å². The summed E-state index contributed by atoms with van der Waals surface area (Å²) in [5.41, 5.74) is 0.837. The van der Waals surface area contributed by atoms with E-state index in [0.29, 0.717) is 50.0 Å². The third kappa shape index (κ3) is 4.83. The molecule has 6 nitrogen and oxygen atoms in total. The maximum atomic E-state index is 12.8. The number of amides is 1. The molecule has 0 radical (unpaired) electrons. The fourth-order valence-corrected chi connectivity index (χ4v) is 5.15. The van der Waals surface area contributed by atoms with E-state index < -0.39 is 17.5 Å². The zero-order valence-electron chi connectivity index (χ0n) is 17.9. The smallest absolute Gasteiger partial charge is 0.377 e. The molecular formula is C22H25F3N2O4S. The number of aryl methyl sites for hydroxylation is 1. The van der Waals surface area contributed by atoms with Gasteiger partial charge in [0.25, 0.3) is 0 Å². The first kappa shape index (κ1) is 23.2. The number of carbonyl (C=O) groups is 1. The van der Waals surface area contributed by atoms with Crippen LogP contribution in [0.1, 0.15) is 23.1 Å². The van der Waals surface area contributed by atoms with Crippen molar-refractivity contribution in [1.82, 2.24) is 9.88 Å². The van der Waals surface area contributed by atoms with E-state index in [1.165, 1.54) is 23.5 Å². The highest BCUT2D eigenvalue weighted by Crippen LogP contribution is 2.35. The van der Waals surface area contributed by atoms with Gasteiger partial charge in [-0.3, -0.25) is 4.79 Å². The van der Waals surface area contributed by atoms with Gasteiger partial charge in [0, 0.05) is 22.9 Å². The van der Waals surface area contributed by atoms with E-state index in [0.717, 1.165) is 29.1 Å². The first-order valence-corrected chi connectivity index (χ1v) is 11.2. The minimum absolute atomic E-state index is 0.108. The molecule has 10 heteroatoms. The van der Waals surface area contributed by atoms with E-state index in [1.54, 1.807) is 4.90 Å². The number of ether oxygens (including phenoxy) is 3. The van der Waals surface area contributed by atoms with Gasteiger partial charge in [0.15, 0.2) is 5.79 Å². The van der Waals surface area contributed by atoms with Crippen LogP contribution < -0.4 is 0 Å². The predicted molar refractivity (Wildman–Crippen MR) is 112 cm³/mol. The van der Waals surface area contributed by atoms with Crippen molar-refractivity contribution in [3.8, 4) is 10.6 Å². The second kappa shape index (κ2) is 9.09. The highest BCUT2D eigenvalue weighted by Gasteiger charge is 2.45. The van der Waals surface area contributed by atoms with Gasteiger partial charge in [-0.25, -0.2) is 4.98 Å². The molecule has 1 aromatic heterocycles. The Morgan fingerprint density at radius 1 is 1.22 bits per heavy atom. The maximum Gasteiger partial charge on any atom is 0.416 e. The van der Waals surface area contributed by atoms with E-state index in [4.69, 9.17) is 14.2 Å². The Labute approximate surface area is 188 Å². The lowest BCUT2D eigenvalue weighted by Gasteiger charge is -2.47. The normalized spacial score (nSPS) is 26.8. The Kier molecular flexibility index (Phi) is 6.58. The summed E-state index contributed by atoms with van der Waals surface area (Å²) in [6.45, 7) is 6.03. The maximum absolute atomic E-state index is 12.8. The van der Waals surface area contributed by atoms with E-state index in [-0.39, 0.29) is 12.0 Å². The molecule has 2 saturated heterocycles. The summed E-state index contributed by atoms with van der Waals surface area (Å²) < 4.78 is 56.1. The van der Waals surface area contributed by atoms with Gasteiger partial charge in [-0.1, -0.05) is 12.1 Å². The van der Waals surface area contributed by atoms with E-state index in [9.17, 15) is 18.0 Å². The van der Waals surface area contributed by atoms with E-state index in [2.05, 4.69) is 4.98 Å². The molecule has 1 unspecified atom stereocenters. The number of nitrogens with zero attached hydrogens (tertiary/aromatic N) is 2. The molecule has 0 spiro atoms. The molecule has 0 bridgehead atoms. The topological polar surface area (TPSA) is 60.9 Å². The van der Waals surface area contributed by atoms with Crippen LogP contribution in [-0.2, 0) is 31.6 Å². The van der Waals surface area contributed by atoms with Crippen LogP contribution >= 0.6 is 11.3 Å². The van der Waals surface area contributed by atoms with Crippen molar-refractivity contribution in [1.29, 1.82) is 0 Å². The third-order valence-corrected chi connectivity index (χ3v) is 7.18. The van der Waals surface area contributed by atoms with E-state index >= 15 is 0 Å². The first-order valence-electron chi connectivity index (χ1n) is 10.4. The summed E-state index contributed by atoms with van der Waals surface area (Å²) in [5.74, 6) is -0.816. The van der Waals surface area contributed by atoms with Crippen molar-refractivity contribution in [3.63, 3.8) is 0 Å². The molecule has 2 aliphatic rings. The second-order valence-corrected chi connectivity index (χ2v) is 9.33. The number of thiazole rings is 1. The molecule has 1 aromatic carbocycles. The Balaban J connectivity index is 1.40. The summed E-state index contributed by atoms with van der Waals surface area (Å²) in [7, 11) is 0. The second-order valence-electron chi connectivity index (χ2n) is 8.24. The van der Waals surface area contributed by atoms with Gasteiger partial charge in [-0.05, 0) is 32.4 Å². The number of hydrogen-bond acceptors (Lipinski definition) is 6. The standard InChI is InChI=1S/C22H25F3N2O4S/c1-14-18(32-20(26-14)16-3-5-17(6-4-16)22(23,24)25)9-15-10-30-21(2,31-11-15)19-12-29-8-7-27(19)13-28/h3-6,13,15,19H,7-12H2,1-2H3. The zero-order chi connectivity index (χ0) is 22.9. The van der Waals surface area contributed by atoms with Crippen molar-refractivity contribution in [2.45, 2.75) is 38.3 Å². The summed E-state index contributed by atoms with van der Waals surface area (Å²) >= 11 is 1.47. The molecule has 0 N–H and O–H groups in total. The SMILES string of the molecule is Cc1nc(-c2ccc(C(F)(F)F)cc2)sc1CC1COC(C)(C2COCCN2C=O)OC1. The highest BCUT2D eigenvalue weighted by molar-refractivity contribution is 7.15. The molecule has 1 amide bonds. The van der Waals surface area contributed by atoms with Gasteiger partial charge in [0.05, 0.1) is 37.7 Å². The molecule has 3 heterocycles. The van der Waals surface area contributed by atoms with Crippen molar-refractivity contribution < 1.29 is 32.2 Å². The van der Waals surface area contributed by atoms with Crippen molar-refractivity contribution in [3.05, 3.63) is 40.4 Å². The molecule has 0 aliphatic carbocycles. The fraction of sp³-hybridized carbons (Fsp3) is 0.545. The largest absolute Gasteiger partial charge is 0.416 e. The number of aromatic nitrogens is 1. The number of halogens is 3. The Morgan fingerprint density at radius 2 is 1.91 bits per heavy atom. The van der Waals surface area contributed by atoms with Gasteiger partial charge in [0.2, 0.25) is 6.41 Å². The Morgan fingerprint density at radius 3 is 2.53 bits per heavy atom. The quantitative estimate of drug-likeness (QED) is 0.620. The van der Waals surface area contributed by atoms with Crippen LogP contribution in [0.25, 0.3) is 10.6 Å². The van der Waals surface area contributed by atoms with Gasteiger partial charge in [-0.2, -0.15) is 13.2 Å². The molecular weight excluding hydrogens is 445 g/mol. The van der Waals surface area contributed by atoms with Crippen LogP contribution in [0.4, 0.5) is 13.2 Å². The Hall–Kier alpha value is -2.01. The monoisotopic (exact) mass is 470 g/mol. The van der Waals surface area contributed by atoms with Crippen LogP contribution in [0.2, 0.25) is 0 Å². The molecule has 0 saturated carbocycles. The lowest BCUT2D eigenvalue weighted by atomic mass is 10.0. The number of benzene rings is 1. The third-order valence-electron chi connectivity index (χ3n) is 5.95. The van der Waals surface area contributed by atoms with Gasteiger partial charge >= 0.3 is 6.18 Å². The molecule has 32 heavy (non-hydrogen) atoms. The average molecular weight is 471 g/mol. The Bertz CT molecular complexity index is 940. The van der Waals surface area contributed by atoms with E-state index in [1.807, 2.05) is 13.8 Å². The molecule has 174 valence electrons. The molecule has 4 rings (SSSR count). The van der Waals surface area contributed by atoms with Gasteiger partial charge < -0.3 is 19.1 Å². The average Bonchev–Trinajstić information content (AvgIpc) is 3.15. The molecule has 1 atom stereocenters. The van der Waals surface area contributed by atoms with Crippen molar-refractivity contribution >= 4 is 17.7 Å². The molecule has 2 fully saturated rings. The van der Waals surface area contributed by atoms with Crippen molar-refractivity contribution in [2.75, 3.05) is 33.0 Å². The number of rotatable bonds is 5. The number of hydrogen-bond donors (Lipinski definition) is 0. The highest BCUT2D eigenvalue weighted by atomic mass is 32.1. The summed E-state index contributed by atoms with van der Waals surface area (Å²) in [6, 6.07) is 4.76.